The molecule has 0 N–H and O–H groups in total. The molecule has 6 aromatic rings. The lowest BCUT2D eigenvalue weighted by Crippen LogP contribution is -2.47. The second-order valence-electron chi connectivity index (χ2n) is 15.5. The van der Waals surface area contributed by atoms with Crippen molar-refractivity contribution in [3.8, 4) is 67.1 Å². The van der Waals surface area contributed by atoms with Gasteiger partial charge < -0.3 is 14.0 Å². The van der Waals surface area contributed by atoms with Gasteiger partial charge in [0.15, 0.2) is 69.8 Å². The molecule has 0 fully saturated rings. The van der Waals surface area contributed by atoms with E-state index in [1.54, 1.807) is 0 Å². The third kappa shape index (κ3) is 8.11. The topological polar surface area (TPSA) is 18.5 Å². The van der Waals surface area contributed by atoms with E-state index in [1.165, 1.54) is 26.4 Å². The van der Waals surface area contributed by atoms with E-state index in [1.807, 2.05) is 13.8 Å². The molecular formula is C48H38F12NO2+. The van der Waals surface area contributed by atoms with Crippen molar-refractivity contribution >= 4 is 0 Å². The number of unbranched alkanes of at least 4 members (excludes halogenated alkanes) is 2. The van der Waals surface area contributed by atoms with Crippen molar-refractivity contribution in [2.24, 2.45) is 0 Å². The van der Waals surface area contributed by atoms with E-state index in [-0.39, 0.29) is 95.8 Å². The van der Waals surface area contributed by atoms with E-state index < -0.39 is 69.8 Å². The molecule has 0 aromatic heterocycles. The van der Waals surface area contributed by atoms with Crippen LogP contribution in [0, 0.1) is 69.8 Å². The fraction of sp³-hybridized carbons (Fsp3) is 0.250. The molecule has 0 unspecified atom stereocenters. The third-order valence-electron chi connectivity index (χ3n) is 11.6. The first-order valence-electron chi connectivity index (χ1n) is 19.9. The van der Waals surface area contributed by atoms with Crippen LogP contribution < -0.4 is 9.47 Å². The van der Waals surface area contributed by atoms with Gasteiger partial charge in [0.1, 0.15) is 24.6 Å². The number of ether oxygens (including phenoxy) is 2. The zero-order valence-corrected chi connectivity index (χ0v) is 34.2. The van der Waals surface area contributed by atoms with E-state index in [9.17, 15) is 17.6 Å². The van der Waals surface area contributed by atoms with Gasteiger partial charge >= 0.3 is 0 Å². The molecule has 6 aromatic carbocycles. The molecule has 0 radical (unpaired) electrons. The number of fused-ring (bicyclic) bond motifs is 3. The number of halogens is 12. The van der Waals surface area contributed by atoms with Gasteiger partial charge in [-0.3, -0.25) is 0 Å². The van der Waals surface area contributed by atoms with Crippen LogP contribution in [0.15, 0.2) is 60.7 Å². The van der Waals surface area contributed by atoms with Crippen molar-refractivity contribution in [1.29, 1.82) is 0 Å². The van der Waals surface area contributed by atoms with Gasteiger partial charge in [0.2, 0.25) is 0 Å². The predicted molar refractivity (Wildman–Crippen MR) is 213 cm³/mol. The number of rotatable bonds is 12. The summed E-state index contributed by atoms with van der Waals surface area (Å²) in [7, 11) is 2.36. The summed E-state index contributed by atoms with van der Waals surface area (Å²) >= 11 is 0. The van der Waals surface area contributed by atoms with Crippen molar-refractivity contribution < 1.29 is 66.6 Å². The molecule has 330 valence electrons. The number of quaternary nitrogens is 1. The highest BCUT2D eigenvalue weighted by atomic mass is 19.2. The molecule has 0 saturated heterocycles. The fourth-order valence-electron chi connectivity index (χ4n) is 8.62. The second-order valence-corrected chi connectivity index (χ2v) is 15.5. The standard InChI is InChI=1S/C48H38F12NO2/c1-5-7-9-61(10-8-6-2)21-31-27(23-11-33(49)43(57)34(50)12-23)19-29(25-15-37(53)45(59)38(54)16-25)47(62-3)41(31)42-32(22-61)28(24-13-35(51)44(58)36(52)14-24)20-30(48(42)63-4)26-17-39(55)46(60)40(56)18-26/h11-20H,5-10,21-22H2,1-4H3/q+1. The lowest BCUT2D eigenvalue weighted by molar-refractivity contribution is -0.953. The maximum absolute atomic E-state index is 15.3. The summed E-state index contributed by atoms with van der Waals surface area (Å²) in [5.41, 5.74) is -1.26. The molecule has 1 heterocycles. The lowest BCUT2D eigenvalue weighted by Gasteiger charge is -2.39. The summed E-state index contributed by atoms with van der Waals surface area (Å²) < 4.78 is 192. The second kappa shape index (κ2) is 17.7. The monoisotopic (exact) mass is 888 g/mol. The van der Waals surface area contributed by atoms with Gasteiger partial charge in [0, 0.05) is 33.4 Å². The first-order valence-corrected chi connectivity index (χ1v) is 19.9. The Morgan fingerprint density at radius 3 is 0.889 bits per heavy atom. The van der Waals surface area contributed by atoms with Gasteiger partial charge in [-0.15, -0.1) is 0 Å². The molecule has 0 spiro atoms. The molecule has 7 rings (SSSR count). The molecule has 1 aliphatic heterocycles. The van der Waals surface area contributed by atoms with Crippen molar-refractivity contribution in [2.75, 3.05) is 27.3 Å². The summed E-state index contributed by atoms with van der Waals surface area (Å²) in [6.45, 7) is 4.65. The van der Waals surface area contributed by atoms with Gasteiger partial charge in [-0.25, -0.2) is 52.7 Å². The summed E-state index contributed by atoms with van der Waals surface area (Å²) in [4.78, 5) is 0. The Kier molecular flexibility index (Phi) is 12.6. The van der Waals surface area contributed by atoms with Crippen molar-refractivity contribution in [1.82, 2.24) is 0 Å². The highest BCUT2D eigenvalue weighted by molar-refractivity contribution is 5.99. The van der Waals surface area contributed by atoms with Crippen LogP contribution >= 0.6 is 0 Å². The summed E-state index contributed by atoms with van der Waals surface area (Å²) in [5.74, 6) is -20.5. The number of methoxy groups -OCH3 is 2. The number of benzene rings is 6. The van der Waals surface area contributed by atoms with Crippen LogP contribution in [-0.2, 0) is 13.1 Å². The molecule has 0 saturated carbocycles. The molecule has 3 nitrogen and oxygen atoms in total. The Balaban J connectivity index is 1.79. The Hall–Kier alpha value is -5.96. The summed E-state index contributed by atoms with van der Waals surface area (Å²) in [5, 5.41) is 0. The SMILES string of the molecule is CCCC[N+]1(CCCC)Cc2c(-c3cc(F)c(F)c(F)c3)cc(-c3cc(F)c(F)c(F)c3)c(OC)c2-c2c(c(-c3cc(F)c(F)c(F)c3)cc(-c3cc(F)c(F)c(F)c3)c2OC)C1. The minimum absolute atomic E-state index is 0.0191. The smallest absolute Gasteiger partial charge is 0.194 e. The molecule has 63 heavy (non-hydrogen) atoms. The predicted octanol–water partition coefficient (Wildman–Crippen LogP) is 14.1. The van der Waals surface area contributed by atoms with Gasteiger partial charge in [0.25, 0.3) is 0 Å². The molecule has 0 amide bonds. The fourth-order valence-corrected chi connectivity index (χ4v) is 8.62. The molecular weight excluding hydrogens is 851 g/mol. The Labute approximate surface area is 354 Å². The minimum Gasteiger partial charge on any atom is -0.495 e. The van der Waals surface area contributed by atoms with Crippen molar-refractivity contribution in [3.05, 3.63) is 142 Å². The zero-order valence-electron chi connectivity index (χ0n) is 34.2. The first-order chi connectivity index (χ1) is 30.0. The average Bonchev–Trinajstić information content (AvgIpc) is 3.40. The normalized spacial score (nSPS) is 13.1. The van der Waals surface area contributed by atoms with Crippen molar-refractivity contribution in [3.63, 3.8) is 0 Å². The summed E-state index contributed by atoms with van der Waals surface area (Å²) in [6.07, 6.45) is 2.52. The molecule has 15 heteroatoms. The van der Waals surface area contributed by atoms with E-state index in [0.29, 0.717) is 87.3 Å². The van der Waals surface area contributed by atoms with Crippen LogP contribution in [-0.4, -0.2) is 31.8 Å². The number of hydrogen-bond acceptors (Lipinski definition) is 2. The van der Waals surface area contributed by atoms with Crippen LogP contribution in [0.4, 0.5) is 52.7 Å². The van der Waals surface area contributed by atoms with E-state index in [4.69, 9.17) is 9.47 Å². The van der Waals surface area contributed by atoms with E-state index in [2.05, 4.69) is 0 Å². The van der Waals surface area contributed by atoms with E-state index in [0.717, 1.165) is 0 Å². The van der Waals surface area contributed by atoms with E-state index >= 15 is 35.1 Å². The Morgan fingerprint density at radius 1 is 0.397 bits per heavy atom. The average molecular weight is 889 g/mol. The molecule has 0 aliphatic carbocycles. The van der Waals surface area contributed by atoms with Crippen LogP contribution in [0.1, 0.15) is 50.7 Å². The van der Waals surface area contributed by atoms with Gasteiger partial charge in [0.05, 0.1) is 27.3 Å². The van der Waals surface area contributed by atoms with Gasteiger partial charge in [-0.1, -0.05) is 26.7 Å². The maximum atomic E-state index is 15.3. The zero-order chi connectivity index (χ0) is 45.7. The largest absolute Gasteiger partial charge is 0.495 e. The van der Waals surface area contributed by atoms with Gasteiger partial charge in [-0.05, 0) is 107 Å². The molecule has 0 atom stereocenters. The summed E-state index contributed by atoms with van der Waals surface area (Å²) in [6, 6.07) is 8.01. The molecule has 0 bridgehead atoms. The Morgan fingerprint density at radius 2 is 0.651 bits per heavy atom. The van der Waals surface area contributed by atoms with Crippen molar-refractivity contribution in [2.45, 2.75) is 52.6 Å². The minimum atomic E-state index is -1.82. The highest BCUT2D eigenvalue weighted by Gasteiger charge is 2.41. The van der Waals surface area contributed by atoms with Crippen LogP contribution in [0.25, 0.3) is 55.6 Å². The third-order valence-corrected chi connectivity index (χ3v) is 11.6. The first kappa shape index (κ1) is 45.1. The van der Waals surface area contributed by atoms with Crippen LogP contribution in [0.2, 0.25) is 0 Å². The Bertz CT molecular complexity index is 2510. The lowest BCUT2D eigenvalue weighted by atomic mass is 9.82. The molecule has 1 aliphatic rings. The number of nitrogens with zero attached hydrogens (tertiary/aromatic N) is 1. The number of hydrogen-bond donors (Lipinski definition) is 0. The van der Waals surface area contributed by atoms with Gasteiger partial charge in [-0.2, -0.15) is 0 Å². The maximum Gasteiger partial charge on any atom is 0.194 e. The quantitative estimate of drug-likeness (QED) is 0.0692. The van der Waals surface area contributed by atoms with Crippen LogP contribution in [0.5, 0.6) is 11.5 Å². The van der Waals surface area contributed by atoms with Crippen LogP contribution in [0.3, 0.4) is 0 Å². The highest BCUT2D eigenvalue weighted by Crippen LogP contribution is 2.56.